The van der Waals surface area contributed by atoms with Gasteiger partial charge in [-0.2, -0.15) is 0 Å². The van der Waals surface area contributed by atoms with Crippen LogP contribution in [0, 0.1) is 5.92 Å². The quantitative estimate of drug-likeness (QED) is 0.824. The number of halogens is 1. The highest BCUT2D eigenvalue weighted by molar-refractivity contribution is 6.30. The molecule has 1 aromatic carbocycles. The molecule has 0 radical (unpaired) electrons. The van der Waals surface area contributed by atoms with Crippen LogP contribution in [0.4, 0.5) is 0 Å². The molecule has 0 amide bonds. The van der Waals surface area contributed by atoms with Gasteiger partial charge in [-0.25, -0.2) is 0 Å². The van der Waals surface area contributed by atoms with Gasteiger partial charge in [-0.15, -0.1) is 0 Å². The lowest BCUT2D eigenvalue weighted by Crippen LogP contribution is -2.21. The Bertz CT molecular complexity index is 301. The largest absolute Gasteiger partial charge is 0.385 e. The molecule has 0 heterocycles. The number of aliphatic hydroxyl groups is 1. The van der Waals surface area contributed by atoms with Crippen LogP contribution in [0.1, 0.15) is 39.2 Å². The fraction of sp³-hybridized carbons (Fsp3) is 0.538. The topological polar surface area (TPSA) is 20.2 Å². The van der Waals surface area contributed by atoms with Gasteiger partial charge in [0.2, 0.25) is 0 Å². The molecule has 0 aliphatic rings. The Balaban J connectivity index is 2.72. The number of benzene rings is 1. The molecule has 1 N–H and O–H groups in total. The van der Waals surface area contributed by atoms with Crippen molar-refractivity contribution in [2.24, 2.45) is 5.92 Å². The van der Waals surface area contributed by atoms with E-state index in [1.807, 2.05) is 31.2 Å². The third-order valence-corrected chi connectivity index (χ3v) is 2.93. The van der Waals surface area contributed by atoms with Gasteiger partial charge in [0, 0.05) is 5.02 Å². The Morgan fingerprint density at radius 1 is 1.27 bits per heavy atom. The van der Waals surface area contributed by atoms with Gasteiger partial charge < -0.3 is 5.11 Å². The summed E-state index contributed by atoms with van der Waals surface area (Å²) in [5.41, 5.74) is 0.196. The lowest BCUT2D eigenvalue weighted by atomic mass is 9.89. The normalized spacial score (nSPS) is 15.3. The van der Waals surface area contributed by atoms with Gasteiger partial charge in [-0.05, 0) is 43.4 Å². The van der Waals surface area contributed by atoms with E-state index in [1.165, 1.54) is 0 Å². The van der Waals surface area contributed by atoms with Gasteiger partial charge in [-0.3, -0.25) is 0 Å². The van der Waals surface area contributed by atoms with Crippen LogP contribution in [-0.2, 0) is 5.60 Å². The SMILES string of the molecule is CC(C)CCC(C)(O)c1ccc(Cl)cc1. The lowest BCUT2D eigenvalue weighted by Gasteiger charge is -2.24. The molecule has 15 heavy (non-hydrogen) atoms. The maximum atomic E-state index is 10.3. The highest BCUT2D eigenvalue weighted by Crippen LogP contribution is 2.28. The summed E-state index contributed by atoms with van der Waals surface area (Å²) in [5, 5.41) is 11.0. The molecule has 1 atom stereocenters. The van der Waals surface area contributed by atoms with E-state index < -0.39 is 5.60 Å². The molecular weight excluding hydrogens is 208 g/mol. The molecule has 0 aliphatic carbocycles. The van der Waals surface area contributed by atoms with Gasteiger partial charge in [0.15, 0.2) is 0 Å². The molecule has 0 aliphatic heterocycles. The van der Waals surface area contributed by atoms with Crippen molar-refractivity contribution in [1.29, 1.82) is 0 Å². The standard InChI is InChI=1S/C13H19ClO/c1-10(2)8-9-13(3,15)11-4-6-12(14)7-5-11/h4-7,10,15H,8-9H2,1-3H3. The van der Waals surface area contributed by atoms with E-state index >= 15 is 0 Å². The van der Waals surface area contributed by atoms with Gasteiger partial charge in [0.1, 0.15) is 0 Å². The van der Waals surface area contributed by atoms with Gasteiger partial charge in [-0.1, -0.05) is 37.6 Å². The number of hydrogen-bond donors (Lipinski definition) is 1. The maximum Gasteiger partial charge on any atom is 0.0868 e. The average molecular weight is 227 g/mol. The Morgan fingerprint density at radius 3 is 2.27 bits per heavy atom. The molecule has 84 valence electrons. The molecule has 0 aromatic heterocycles. The lowest BCUT2D eigenvalue weighted by molar-refractivity contribution is 0.0420. The van der Waals surface area contributed by atoms with Crippen LogP contribution in [0.25, 0.3) is 0 Å². The summed E-state index contributed by atoms with van der Waals surface area (Å²) in [6, 6.07) is 7.42. The fourth-order valence-electron chi connectivity index (χ4n) is 1.52. The highest BCUT2D eigenvalue weighted by Gasteiger charge is 2.22. The van der Waals surface area contributed by atoms with Crippen molar-refractivity contribution >= 4 is 11.6 Å². The van der Waals surface area contributed by atoms with Crippen LogP contribution in [0.2, 0.25) is 5.02 Å². The van der Waals surface area contributed by atoms with Crippen LogP contribution in [0.15, 0.2) is 24.3 Å². The Hall–Kier alpha value is -0.530. The molecule has 1 rings (SSSR count). The molecule has 1 aromatic rings. The van der Waals surface area contributed by atoms with Crippen LogP contribution < -0.4 is 0 Å². The first-order valence-electron chi connectivity index (χ1n) is 5.40. The number of hydrogen-bond acceptors (Lipinski definition) is 1. The molecule has 1 nitrogen and oxygen atoms in total. The molecule has 0 saturated heterocycles. The van der Waals surface area contributed by atoms with Crippen LogP contribution in [-0.4, -0.2) is 5.11 Å². The predicted molar refractivity (Wildman–Crippen MR) is 65.1 cm³/mol. The summed E-state index contributed by atoms with van der Waals surface area (Å²) in [6.07, 6.45) is 1.81. The summed E-state index contributed by atoms with van der Waals surface area (Å²) in [4.78, 5) is 0. The fourth-order valence-corrected chi connectivity index (χ4v) is 1.65. The second-order valence-electron chi connectivity index (χ2n) is 4.71. The Morgan fingerprint density at radius 2 is 1.80 bits per heavy atom. The third kappa shape index (κ3) is 3.84. The first-order chi connectivity index (χ1) is 6.92. The van der Waals surface area contributed by atoms with E-state index in [-0.39, 0.29) is 0 Å². The Kier molecular flexibility index (Phi) is 4.18. The molecule has 0 fully saturated rings. The zero-order chi connectivity index (χ0) is 11.5. The average Bonchev–Trinajstić information content (AvgIpc) is 2.16. The summed E-state index contributed by atoms with van der Waals surface area (Å²) in [5.74, 6) is 0.615. The Labute approximate surface area is 97.1 Å². The maximum absolute atomic E-state index is 10.3. The van der Waals surface area contributed by atoms with Crippen LogP contribution in [0.5, 0.6) is 0 Å². The van der Waals surface area contributed by atoms with Crippen molar-refractivity contribution in [2.75, 3.05) is 0 Å². The second-order valence-corrected chi connectivity index (χ2v) is 5.15. The summed E-state index contributed by atoms with van der Waals surface area (Å²) < 4.78 is 0. The second kappa shape index (κ2) is 5.00. The van der Waals surface area contributed by atoms with Gasteiger partial charge in [0.05, 0.1) is 5.60 Å². The first-order valence-corrected chi connectivity index (χ1v) is 5.78. The molecule has 2 heteroatoms. The zero-order valence-corrected chi connectivity index (χ0v) is 10.4. The molecular formula is C13H19ClO. The first kappa shape index (κ1) is 12.5. The van der Waals surface area contributed by atoms with Gasteiger partial charge in [0.25, 0.3) is 0 Å². The van der Waals surface area contributed by atoms with E-state index in [9.17, 15) is 5.11 Å². The summed E-state index contributed by atoms with van der Waals surface area (Å²) in [7, 11) is 0. The molecule has 0 bridgehead atoms. The summed E-state index contributed by atoms with van der Waals surface area (Å²) >= 11 is 5.81. The van der Waals surface area contributed by atoms with Crippen molar-refractivity contribution in [3.63, 3.8) is 0 Å². The summed E-state index contributed by atoms with van der Waals surface area (Å²) in [6.45, 7) is 6.19. The minimum absolute atomic E-state index is 0.615. The van der Waals surface area contributed by atoms with Gasteiger partial charge >= 0.3 is 0 Å². The van der Waals surface area contributed by atoms with Crippen molar-refractivity contribution in [1.82, 2.24) is 0 Å². The minimum atomic E-state index is -0.741. The molecule has 1 unspecified atom stereocenters. The number of rotatable bonds is 4. The highest BCUT2D eigenvalue weighted by atomic mass is 35.5. The van der Waals surface area contributed by atoms with Crippen LogP contribution >= 0.6 is 11.6 Å². The van der Waals surface area contributed by atoms with E-state index in [1.54, 1.807) is 0 Å². The van der Waals surface area contributed by atoms with Crippen molar-refractivity contribution in [3.05, 3.63) is 34.9 Å². The predicted octanol–water partition coefficient (Wildman–Crippen LogP) is 3.98. The van der Waals surface area contributed by atoms with Crippen molar-refractivity contribution in [2.45, 2.75) is 39.2 Å². The van der Waals surface area contributed by atoms with E-state index in [0.717, 1.165) is 18.4 Å². The molecule has 0 saturated carbocycles. The van der Waals surface area contributed by atoms with Crippen molar-refractivity contribution in [3.8, 4) is 0 Å². The van der Waals surface area contributed by atoms with Crippen molar-refractivity contribution < 1.29 is 5.11 Å². The van der Waals surface area contributed by atoms with E-state index in [2.05, 4.69) is 13.8 Å². The van der Waals surface area contributed by atoms with Crippen LogP contribution in [0.3, 0.4) is 0 Å². The monoisotopic (exact) mass is 226 g/mol. The third-order valence-electron chi connectivity index (χ3n) is 2.67. The molecule has 0 spiro atoms. The smallest absolute Gasteiger partial charge is 0.0868 e. The van der Waals surface area contributed by atoms with E-state index in [0.29, 0.717) is 10.9 Å². The van der Waals surface area contributed by atoms with E-state index in [4.69, 9.17) is 11.6 Å². The zero-order valence-electron chi connectivity index (χ0n) is 9.63. The minimum Gasteiger partial charge on any atom is -0.385 e.